The lowest BCUT2D eigenvalue weighted by Crippen LogP contribution is -1.83. The molecule has 17 heavy (non-hydrogen) atoms. The summed E-state index contributed by atoms with van der Waals surface area (Å²) in [6.45, 7) is 0. The first-order chi connectivity index (χ1) is 7.99. The van der Waals surface area contributed by atoms with E-state index in [0.717, 1.165) is 0 Å². The Kier molecular flexibility index (Phi) is 3.74. The molecule has 0 aliphatic heterocycles. The van der Waals surface area contributed by atoms with E-state index in [0.29, 0.717) is 31.2 Å². The second-order valence-electron chi connectivity index (χ2n) is 3.41. The monoisotopic (exact) mass is 306 g/mol. The number of aromatic hydroxyl groups is 1. The Balaban J connectivity index is 2.68. The molecule has 1 nitrogen and oxygen atoms in total. The van der Waals surface area contributed by atoms with Gasteiger partial charge in [-0.2, -0.15) is 0 Å². The molecule has 2 aromatic carbocycles. The van der Waals surface area contributed by atoms with Crippen molar-refractivity contribution in [2.75, 3.05) is 0 Å². The van der Waals surface area contributed by atoms with E-state index in [1.807, 2.05) is 0 Å². The first-order valence-corrected chi connectivity index (χ1v) is 6.13. The Labute approximate surface area is 118 Å². The summed E-state index contributed by atoms with van der Waals surface area (Å²) in [5.41, 5.74) is 1.10. The molecule has 0 heterocycles. The van der Waals surface area contributed by atoms with Gasteiger partial charge in [-0.1, -0.05) is 46.4 Å². The van der Waals surface area contributed by atoms with Gasteiger partial charge < -0.3 is 5.11 Å². The van der Waals surface area contributed by atoms with Gasteiger partial charge in [0.05, 0.1) is 15.1 Å². The molecule has 2 rings (SSSR count). The summed E-state index contributed by atoms with van der Waals surface area (Å²) >= 11 is 23.7. The van der Waals surface area contributed by atoms with E-state index in [1.54, 1.807) is 18.2 Å². The minimum absolute atomic E-state index is 0.0784. The van der Waals surface area contributed by atoms with Crippen LogP contribution in [0.2, 0.25) is 20.1 Å². The molecule has 0 amide bonds. The maximum absolute atomic E-state index is 9.78. The molecule has 0 aromatic heterocycles. The van der Waals surface area contributed by atoms with Crippen LogP contribution in [0.5, 0.6) is 5.75 Å². The Morgan fingerprint density at radius 2 is 1.35 bits per heavy atom. The lowest BCUT2D eigenvalue weighted by molar-refractivity contribution is 0.477. The number of hydrogen-bond acceptors (Lipinski definition) is 1. The molecule has 5 heteroatoms. The van der Waals surface area contributed by atoms with Crippen molar-refractivity contribution < 1.29 is 5.11 Å². The van der Waals surface area contributed by atoms with Crippen LogP contribution in [0.1, 0.15) is 0 Å². The lowest BCUT2D eigenvalue weighted by atomic mass is 10.0. The van der Waals surface area contributed by atoms with Gasteiger partial charge in [0, 0.05) is 16.1 Å². The highest BCUT2D eigenvalue weighted by Gasteiger charge is 2.12. The molecule has 0 saturated heterocycles. The van der Waals surface area contributed by atoms with E-state index >= 15 is 0 Å². The third kappa shape index (κ3) is 2.63. The highest BCUT2D eigenvalue weighted by Crippen LogP contribution is 2.39. The van der Waals surface area contributed by atoms with Crippen LogP contribution in [-0.4, -0.2) is 5.11 Å². The molecule has 88 valence electrons. The molecule has 0 aliphatic rings. The predicted molar refractivity (Wildman–Crippen MR) is 73.6 cm³/mol. The van der Waals surface area contributed by atoms with Gasteiger partial charge in [0.15, 0.2) is 0 Å². The molecule has 0 radical (unpaired) electrons. The second kappa shape index (κ2) is 4.95. The molecular weight excluding hydrogens is 302 g/mol. The SMILES string of the molecule is Oc1ccc(Cl)cc1-c1cc(Cl)c(Cl)cc1Cl. The van der Waals surface area contributed by atoms with Crippen molar-refractivity contribution in [3.05, 3.63) is 50.4 Å². The molecule has 0 unspecified atom stereocenters. The van der Waals surface area contributed by atoms with E-state index in [2.05, 4.69) is 0 Å². The Hall–Kier alpha value is -0.600. The van der Waals surface area contributed by atoms with Crippen LogP contribution < -0.4 is 0 Å². The molecule has 0 fully saturated rings. The van der Waals surface area contributed by atoms with Crippen LogP contribution >= 0.6 is 46.4 Å². The highest BCUT2D eigenvalue weighted by atomic mass is 35.5. The zero-order valence-corrected chi connectivity index (χ0v) is 11.4. The Morgan fingerprint density at radius 1 is 0.706 bits per heavy atom. The number of hydrogen-bond donors (Lipinski definition) is 1. The van der Waals surface area contributed by atoms with Gasteiger partial charge in [0.25, 0.3) is 0 Å². The number of benzene rings is 2. The summed E-state index contributed by atoms with van der Waals surface area (Å²) in [5.74, 6) is 0.0784. The fourth-order valence-electron chi connectivity index (χ4n) is 1.45. The topological polar surface area (TPSA) is 20.2 Å². The minimum Gasteiger partial charge on any atom is -0.507 e. The Bertz CT molecular complexity index is 581. The first kappa shape index (κ1) is 12.8. The second-order valence-corrected chi connectivity index (χ2v) is 5.07. The Morgan fingerprint density at radius 3 is 2.06 bits per heavy atom. The van der Waals surface area contributed by atoms with Crippen molar-refractivity contribution in [3.63, 3.8) is 0 Å². The fourth-order valence-corrected chi connectivity index (χ4v) is 2.27. The summed E-state index contributed by atoms with van der Waals surface area (Å²) in [7, 11) is 0. The van der Waals surface area contributed by atoms with Crippen molar-refractivity contribution >= 4 is 46.4 Å². The molecule has 2 aromatic rings. The normalized spacial score (nSPS) is 10.6. The highest BCUT2D eigenvalue weighted by molar-refractivity contribution is 6.44. The number of phenolic OH excluding ortho intramolecular Hbond substituents is 1. The van der Waals surface area contributed by atoms with Gasteiger partial charge in [-0.15, -0.1) is 0 Å². The van der Waals surface area contributed by atoms with Crippen molar-refractivity contribution in [2.24, 2.45) is 0 Å². The number of halogens is 4. The summed E-state index contributed by atoms with van der Waals surface area (Å²) in [4.78, 5) is 0. The minimum atomic E-state index is 0.0784. The van der Waals surface area contributed by atoms with Crippen LogP contribution in [0.3, 0.4) is 0 Å². The quantitative estimate of drug-likeness (QED) is 0.673. The van der Waals surface area contributed by atoms with Crippen molar-refractivity contribution in [1.82, 2.24) is 0 Å². The van der Waals surface area contributed by atoms with Gasteiger partial charge >= 0.3 is 0 Å². The van der Waals surface area contributed by atoms with E-state index in [-0.39, 0.29) is 5.75 Å². The smallest absolute Gasteiger partial charge is 0.123 e. The zero-order chi connectivity index (χ0) is 12.6. The van der Waals surface area contributed by atoms with Crippen LogP contribution in [-0.2, 0) is 0 Å². The largest absolute Gasteiger partial charge is 0.507 e. The van der Waals surface area contributed by atoms with Crippen LogP contribution in [0.15, 0.2) is 30.3 Å². The van der Waals surface area contributed by atoms with E-state index in [9.17, 15) is 5.11 Å². The standard InChI is InChI=1S/C12H6Cl4O/c13-6-1-2-12(17)8(3-6)7-4-10(15)11(16)5-9(7)14/h1-5,17H. The molecular formula is C12H6Cl4O. The molecule has 1 N–H and O–H groups in total. The lowest BCUT2D eigenvalue weighted by Gasteiger charge is -2.09. The molecule has 0 bridgehead atoms. The van der Waals surface area contributed by atoms with E-state index in [1.165, 1.54) is 12.1 Å². The van der Waals surface area contributed by atoms with Crippen molar-refractivity contribution in [2.45, 2.75) is 0 Å². The van der Waals surface area contributed by atoms with Gasteiger partial charge in [0.1, 0.15) is 5.75 Å². The van der Waals surface area contributed by atoms with Crippen molar-refractivity contribution in [1.29, 1.82) is 0 Å². The maximum Gasteiger partial charge on any atom is 0.123 e. The summed E-state index contributed by atoms with van der Waals surface area (Å²) < 4.78 is 0. The van der Waals surface area contributed by atoms with Crippen LogP contribution in [0, 0.1) is 0 Å². The van der Waals surface area contributed by atoms with Crippen LogP contribution in [0.4, 0.5) is 0 Å². The van der Waals surface area contributed by atoms with Gasteiger partial charge in [0.2, 0.25) is 0 Å². The van der Waals surface area contributed by atoms with Gasteiger partial charge in [-0.3, -0.25) is 0 Å². The van der Waals surface area contributed by atoms with Gasteiger partial charge in [-0.05, 0) is 30.3 Å². The van der Waals surface area contributed by atoms with E-state index < -0.39 is 0 Å². The average molecular weight is 308 g/mol. The molecule has 0 atom stereocenters. The summed E-state index contributed by atoms with van der Waals surface area (Å²) in [6.07, 6.45) is 0. The first-order valence-electron chi connectivity index (χ1n) is 4.62. The third-order valence-electron chi connectivity index (χ3n) is 2.26. The third-order valence-corrected chi connectivity index (χ3v) is 3.53. The van der Waals surface area contributed by atoms with Crippen molar-refractivity contribution in [3.8, 4) is 16.9 Å². The van der Waals surface area contributed by atoms with Gasteiger partial charge in [-0.25, -0.2) is 0 Å². The average Bonchev–Trinajstić information content (AvgIpc) is 2.27. The number of phenols is 1. The summed E-state index contributed by atoms with van der Waals surface area (Å²) in [5, 5.41) is 11.4. The molecule has 0 aliphatic carbocycles. The predicted octanol–water partition coefficient (Wildman–Crippen LogP) is 5.67. The zero-order valence-electron chi connectivity index (χ0n) is 8.35. The fraction of sp³-hybridized carbons (Fsp3) is 0. The summed E-state index contributed by atoms with van der Waals surface area (Å²) in [6, 6.07) is 7.82. The number of rotatable bonds is 1. The van der Waals surface area contributed by atoms with Crippen LogP contribution in [0.25, 0.3) is 11.1 Å². The van der Waals surface area contributed by atoms with E-state index in [4.69, 9.17) is 46.4 Å². The molecule has 0 spiro atoms. The molecule has 0 saturated carbocycles. The maximum atomic E-state index is 9.78.